The molecular formula is C16H21F3N2O3S2. The van der Waals surface area contributed by atoms with Crippen molar-refractivity contribution in [2.24, 2.45) is 0 Å². The third kappa shape index (κ3) is 4.92. The van der Waals surface area contributed by atoms with Crippen LogP contribution in [-0.4, -0.2) is 55.2 Å². The van der Waals surface area contributed by atoms with Crippen molar-refractivity contribution in [2.75, 3.05) is 31.6 Å². The van der Waals surface area contributed by atoms with Crippen LogP contribution in [0.15, 0.2) is 24.3 Å². The number of amides is 1. The second-order valence-corrected chi connectivity index (χ2v) is 9.27. The van der Waals surface area contributed by atoms with Crippen molar-refractivity contribution in [3.05, 3.63) is 35.4 Å². The van der Waals surface area contributed by atoms with Crippen molar-refractivity contribution in [1.29, 1.82) is 0 Å². The third-order valence-corrected chi connectivity index (χ3v) is 7.40. The first-order valence-electron chi connectivity index (χ1n) is 8.08. The number of nitrogens with zero attached hydrogens (tertiary/aromatic N) is 2. The highest BCUT2D eigenvalue weighted by molar-refractivity contribution is 8.00. The Morgan fingerprint density at radius 1 is 1.27 bits per heavy atom. The van der Waals surface area contributed by atoms with Gasteiger partial charge in [0.2, 0.25) is 15.9 Å². The fourth-order valence-corrected chi connectivity index (χ4v) is 5.02. The number of likely N-dealkylation sites (N-methyl/N-ethyl adjacent to an activating group) is 1. The van der Waals surface area contributed by atoms with E-state index in [-0.39, 0.29) is 30.5 Å². The van der Waals surface area contributed by atoms with Crippen molar-refractivity contribution in [1.82, 2.24) is 9.21 Å². The summed E-state index contributed by atoms with van der Waals surface area (Å²) in [6.07, 6.45) is -3.91. The maximum Gasteiger partial charge on any atom is 0.416 e. The van der Waals surface area contributed by atoms with Crippen molar-refractivity contribution in [3.63, 3.8) is 0 Å². The van der Waals surface area contributed by atoms with Crippen LogP contribution in [0, 0.1) is 0 Å². The zero-order valence-electron chi connectivity index (χ0n) is 14.5. The average Bonchev–Trinajstić information content (AvgIpc) is 2.92. The molecule has 26 heavy (non-hydrogen) atoms. The summed E-state index contributed by atoms with van der Waals surface area (Å²) in [5.74, 6) is 0.104. The van der Waals surface area contributed by atoms with Crippen molar-refractivity contribution in [2.45, 2.75) is 24.9 Å². The number of alkyl halides is 3. The maximum absolute atomic E-state index is 12.7. The number of sulfonamides is 1. The lowest BCUT2D eigenvalue weighted by atomic mass is 10.1. The van der Waals surface area contributed by atoms with E-state index in [2.05, 4.69) is 0 Å². The molecule has 146 valence electrons. The van der Waals surface area contributed by atoms with E-state index < -0.39 is 27.1 Å². The van der Waals surface area contributed by atoms with Gasteiger partial charge in [0.05, 0.1) is 17.1 Å². The summed E-state index contributed by atoms with van der Waals surface area (Å²) in [7, 11) is -1.90. The second-order valence-electron chi connectivity index (χ2n) is 6.01. The fourth-order valence-electron chi connectivity index (χ4n) is 2.61. The van der Waals surface area contributed by atoms with Gasteiger partial charge in [0.1, 0.15) is 5.37 Å². The molecule has 1 fully saturated rings. The normalized spacial score (nSPS) is 18.8. The number of rotatable bonds is 7. The molecule has 1 aromatic carbocycles. The number of thioether (sulfide) groups is 1. The first kappa shape index (κ1) is 21.0. The maximum atomic E-state index is 12.7. The first-order chi connectivity index (χ1) is 12.1. The number of carbonyl (C=O) groups is 1. The van der Waals surface area contributed by atoms with Gasteiger partial charge in [0.25, 0.3) is 0 Å². The molecule has 1 unspecified atom stereocenters. The Kier molecular flexibility index (Phi) is 6.62. The molecular weight excluding hydrogens is 389 g/mol. The Bertz CT molecular complexity index is 736. The molecule has 0 radical (unpaired) electrons. The van der Waals surface area contributed by atoms with Gasteiger partial charge < -0.3 is 4.90 Å². The first-order valence-corrected chi connectivity index (χ1v) is 10.7. The lowest BCUT2D eigenvalue weighted by molar-refractivity contribution is -0.137. The minimum atomic E-state index is -4.41. The molecule has 0 aliphatic carbocycles. The van der Waals surface area contributed by atoms with Crippen LogP contribution in [-0.2, 0) is 21.0 Å². The van der Waals surface area contributed by atoms with E-state index in [0.717, 1.165) is 12.1 Å². The summed E-state index contributed by atoms with van der Waals surface area (Å²) in [4.78, 5) is 13.6. The molecule has 0 spiro atoms. The number of hydrogen-bond donors (Lipinski definition) is 0. The van der Waals surface area contributed by atoms with E-state index in [1.165, 1.54) is 40.1 Å². The van der Waals surface area contributed by atoms with Crippen molar-refractivity contribution < 1.29 is 26.4 Å². The Morgan fingerprint density at radius 3 is 2.42 bits per heavy atom. The van der Waals surface area contributed by atoms with Crippen LogP contribution < -0.4 is 0 Å². The quantitative estimate of drug-likeness (QED) is 0.694. The predicted molar refractivity (Wildman–Crippen MR) is 95.1 cm³/mol. The fraction of sp³-hybridized carbons (Fsp3) is 0.562. The molecule has 1 aromatic rings. The summed E-state index contributed by atoms with van der Waals surface area (Å²) in [5.41, 5.74) is -0.152. The zero-order valence-corrected chi connectivity index (χ0v) is 16.1. The minimum absolute atomic E-state index is 0.0362. The Balaban J connectivity index is 2.09. The van der Waals surface area contributed by atoms with Gasteiger partial charge in [0.15, 0.2) is 0 Å². The van der Waals surface area contributed by atoms with Crippen LogP contribution in [0.3, 0.4) is 0 Å². The third-order valence-electron chi connectivity index (χ3n) is 4.08. The van der Waals surface area contributed by atoms with Gasteiger partial charge in [-0.3, -0.25) is 4.79 Å². The largest absolute Gasteiger partial charge is 0.416 e. The second kappa shape index (κ2) is 8.18. The molecule has 1 heterocycles. The average molecular weight is 410 g/mol. The highest BCUT2D eigenvalue weighted by Gasteiger charge is 2.35. The van der Waals surface area contributed by atoms with Gasteiger partial charge in [-0.15, -0.1) is 11.8 Å². The lowest BCUT2D eigenvalue weighted by Crippen LogP contribution is -2.38. The predicted octanol–water partition coefficient (Wildman–Crippen LogP) is 2.95. The van der Waals surface area contributed by atoms with Gasteiger partial charge in [-0.05, 0) is 24.1 Å². The monoisotopic (exact) mass is 410 g/mol. The number of hydrogen-bond acceptors (Lipinski definition) is 4. The van der Waals surface area contributed by atoms with Gasteiger partial charge in [-0.2, -0.15) is 13.2 Å². The highest BCUT2D eigenvalue weighted by Crippen LogP contribution is 2.39. The summed E-state index contributed by atoms with van der Waals surface area (Å²) in [6.45, 7) is 2.11. The highest BCUT2D eigenvalue weighted by atomic mass is 32.2. The summed E-state index contributed by atoms with van der Waals surface area (Å²) in [6, 6.07) is 4.72. The van der Waals surface area contributed by atoms with E-state index >= 15 is 0 Å². The van der Waals surface area contributed by atoms with Crippen LogP contribution >= 0.6 is 11.8 Å². The zero-order chi connectivity index (χ0) is 19.5. The number of carbonyl (C=O) groups excluding carboxylic acids is 1. The molecule has 1 aliphatic heterocycles. The van der Waals surface area contributed by atoms with Crippen molar-refractivity contribution >= 4 is 27.7 Å². The molecule has 10 heteroatoms. The van der Waals surface area contributed by atoms with Gasteiger partial charge in [0, 0.05) is 20.1 Å². The lowest BCUT2D eigenvalue weighted by Gasteiger charge is -2.26. The smallest absolute Gasteiger partial charge is 0.325 e. The molecule has 1 amide bonds. The molecule has 5 nitrogen and oxygen atoms in total. The van der Waals surface area contributed by atoms with E-state index in [1.807, 2.05) is 0 Å². The molecule has 0 bridgehead atoms. The molecule has 2 rings (SSSR count). The van der Waals surface area contributed by atoms with Crippen molar-refractivity contribution in [3.8, 4) is 0 Å². The minimum Gasteiger partial charge on any atom is -0.325 e. The van der Waals surface area contributed by atoms with Gasteiger partial charge in [-0.1, -0.05) is 19.1 Å². The topological polar surface area (TPSA) is 57.7 Å². The Labute approximate surface area is 155 Å². The SMILES string of the molecule is CCCS(=O)(=O)N(C)CCN1C(=O)CSC1c1ccc(C(F)(F)F)cc1. The van der Waals surface area contributed by atoms with E-state index in [0.29, 0.717) is 12.0 Å². The summed E-state index contributed by atoms with van der Waals surface area (Å²) < 4.78 is 63.3. The molecule has 0 aromatic heterocycles. The molecule has 0 saturated carbocycles. The molecule has 1 aliphatic rings. The molecule has 1 atom stereocenters. The van der Waals surface area contributed by atoms with Crippen LogP contribution in [0.1, 0.15) is 29.8 Å². The summed E-state index contributed by atoms with van der Waals surface area (Å²) in [5, 5.41) is -0.410. The van der Waals surface area contributed by atoms with Gasteiger partial charge in [-0.25, -0.2) is 12.7 Å². The number of benzene rings is 1. The van der Waals surface area contributed by atoms with E-state index in [4.69, 9.17) is 0 Å². The van der Waals surface area contributed by atoms with E-state index in [9.17, 15) is 26.4 Å². The Hall–Kier alpha value is -1.26. The number of halogens is 3. The van der Waals surface area contributed by atoms with Gasteiger partial charge >= 0.3 is 6.18 Å². The molecule has 0 N–H and O–H groups in total. The van der Waals surface area contributed by atoms with Crippen LogP contribution in [0.25, 0.3) is 0 Å². The Morgan fingerprint density at radius 2 is 1.88 bits per heavy atom. The van der Waals surface area contributed by atoms with E-state index in [1.54, 1.807) is 6.92 Å². The van der Waals surface area contributed by atoms with Crippen LogP contribution in [0.5, 0.6) is 0 Å². The van der Waals surface area contributed by atoms with Crippen LogP contribution in [0.2, 0.25) is 0 Å². The standard InChI is InChI=1S/C16H21F3N2O3S2/c1-3-10-26(23,24)20(2)8-9-21-14(22)11-25-15(21)12-4-6-13(7-5-12)16(17,18)19/h4-7,15H,3,8-11H2,1-2H3. The molecule has 1 saturated heterocycles. The van der Waals surface area contributed by atoms with Crippen LogP contribution in [0.4, 0.5) is 13.2 Å². The summed E-state index contributed by atoms with van der Waals surface area (Å²) >= 11 is 1.32.